The van der Waals surface area contributed by atoms with Crippen molar-refractivity contribution in [2.75, 3.05) is 26.2 Å². The zero-order chi connectivity index (χ0) is 24.7. The van der Waals surface area contributed by atoms with Crippen molar-refractivity contribution in [3.63, 3.8) is 0 Å². The van der Waals surface area contributed by atoms with Crippen LogP contribution in [0.15, 0.2) is 0 Å². The molecule has 1 aliphatic carbocycles. The van der Waals surface area contributed by atoms with Crippen LogP contribution in [0, 0.1) is 11.8 Å². The van der Waals surface area contributed by atoms with Crippen molar-refractivity contribution in [1.82, 2.24) is 4.90 Å². The molecule has 186 valence electrons. The van der Waals surface area contributed by atoms with Crippen molar-refractivity contribution in [2.24, 2.45) is 11.8 Å². The lowest BCUT2D eigenvalue weighted by atomic mass is 9.79. The number of carbonyl (C=O) groups is 4. The minimum absolute atomic E-state index is 0.0431. The van der Waals surface area contributed by atoms with Crippen LogP contribution in [0.3, 0.4) is 0 Å². The smallest absolute Gasteiger partial charge is 0.309 e. The second-order valence-corrected chi connectivity index (χ2v) is 8.02. The molecule has 32 heavy (non-hydrogen) atoms. The molecule has 0 saturated heterocycles. The van der Waals surface area contributed by atoms with Gasteiger partial charge in [-0.25, -0.2) is 0 Å². The predicted molar refractivity (Wildman–Crippen MR) is 108 cm³/mol. The highest BCUT2D eigenvalue weighted by atomic mass is 16.5. The number of nitrogens with zero attached hydrogens (tertiary/aromatic N) is 1. The summed E-state index contributed by atoms with van der Waals surface area (Å²) in [5.41, 5.74) is -2.97. The van der Waals surface area contributed by atoms with Gasteiger partial charge in [-0.15, -0.1) is 0 Å². The summed E-state index contributed by atoms with van der Waals surface area (Å²) >= 11 is 0. The van der Waals surface area contributed by atoms with E-state index in [1.165, 1.54) is 32.1 Å². The van der Waals surface area contributed by atoms with E-state index in [0.29, 0.717) is 12.5 Å². The normalized spacial score (nSPS) is 15.4. The second kappa shape index (κ2) is 15.6. The van der Waals surface area contributed by atoms with Crippen LogP contribution in [0.25, 0.3) is 0 Å². The first-order valence-electron chi connectivity index (χ1n) is 11.2. The number of aliphatic carboxylic acids is 3. The fourth-order valence-electron chi connectivity index (χ4n) is 3.84. The fraction of sp³-hybridized carbons (Fsp3) is 0.818. The van der Waals surface area contributed by atoms with Crippen molar-refractivity contribution in [3.05, 3.63) is 0 Å². The van der Waals surface area contributed by atoms with Gasteiger partial charge in [-0.05, 0) is 38.3 Å². The molecule has 0 heterocycles. The van der Waals surface area contributed by atoms with Gasteiger partial charge in [0.1, 0.15) is 12.2 Å². The topological polar surface area (TPSA) is 170 Å². The molecule has 1 rings (SSSR count). The third-order valence-corrected chi connectivity index (χ3v) is 5.76. The van der Waals surface area contributed by atoms with Gasteiger partial charge in [-0.1, -0.05) is 40.0 Å². The van der Waals surface area contributed by atoms with Gasteiger partial charge >= 0.3 is 5.97 Å². The molecule has 1 fully saturated rings. The van der Waals surface area contributed by atoms with Gasteiger partial charge in [0.2, 0.25) is 0 Å². The highest BCUT2D eigenvalue weighted by Crippen LogP contribution is 2.32. The number of hydrogen-bond donors (Lipinski definition) is 1. The largest absolute Gasteiger partial charge is 0.550 e. The highest BCUT2D eigenvalue weighted by Gasteiger charge is 2.30. The van der Waals surface area contributed by atoms with Crippen LogP contribution in [-0.2, 0) is 23.9 Å². The van der Waals surface area contributed by atoms with Crippen molar-refractivity contribution >= 4 is 23.9 Å². The van der Waals surface area contributed by atoms with E-state index in [9.17, 15) is 34.5 Å². The summed E-state index contributed by atoms with van der Waals surface area (Å²) < 4.78 is 5.50. The van der Waals surface area contributed by atoms with Crippen molar-refractivity contribution in [3.8, 4) is 0 Å². The van der Waals surface area contributed by atoms with E-state index in [-0.39, 0.29) is 11.9 Å². The lowest BCUT2D eigenvalue weighted by Crippen LogP contribution is -2.54. The number of rotatable bonds is 13. The molecule has 1 atom stereocenters. The van der Waals surface area contributed by atoms with Crippen LogP contribution in [-0.4, -0.2) is 65.7 Å². The zero-order valence-electron chi connectivity index (χ0n) is 19.3. The maximum Gasteiger partial charge on any atom is 0.309 e. The van der Waals surface area contributed by atoms with Gasteiger partial charge in [0, 0.05) is 31.3 Å². The average Bonchev–Trinajstić information content (AvgIpc) is 2.72. The Hall–Kier alpha value is -2.20. The number of hydrogen-bond acceptors (Lipinski definition) is 10. The number of carboxylic acids is 3. The second-order valence-electron chi connectivity index (χ2n) is 8.02. The van der Waals surface area contributed by atoms with Gasteiger partial charge in [0.05, 0.1) is 11.9 Å². The fourth-order valence-corrected chi connectivity index (χ4v) is 3.84. The quantitative estimate of drug-likeness (QED) is 0.311. The van der Waals surface area contributed by atoms with Gasteiger partial charge in [-0.3, -0.25) is 4.79 Å². The minimum Gasteiger partial charge on any atom is -0.550 e. The number of carbonyl (C=O) groups excluding carboxylic acids is 4. The van der Waals surface area contributed by atoms with Gasteiger partial charge in [0.25, 0.3) is 0 Å². The summed E-state index contributed by atoms with van der Waals surface area (Å²) in [4.78, 5) is 44.5. The van der Waals surface area contributed by atoms with Crippen LogP contribution in [0.1, 0.15) is 72.1 Å². The Morgan fingerprint density at radius 3 is 1.84 bits per heavy atom. The molecular formula is C22H36NO9-3. The molecule has 1 unspecified atom stereocenters. The highest BCUT2D eigenvalue weighted by molar-refractivity contribution is 5.86. The maximum absolute atomic E-state index is 12.2. The molecular weight excluding hydrogens is 422 g/mol. The Bertz CT molecular complexity index is 582. The number of carboxylic acid groups (broad SMARTS) is 3. The van der Waals surface area contributed by atoms with Gasteiger partial charge < -0.3 is 44.4 Å². The van der Waals surface area contributed by atoms with E-state index in [0.717, 1.165) is 26.1 Å². The summed E-state index contributed by atoms with van der Waals surface area (Å²) in [6.45, 7) is 9.85. The molecule has 0 aromatic carbocycles. The lowest BCUT2D eigenvalue weighted by molar-refractivity contribution is -0.339. The summed E-state index contributed by atoms with van der Waals surface area (Å²) in [5.74, 6) is -5.24. The van der Waals surface area contributed by atoms with Crippen LogP contribution in [0.4, 0.5) is 0 Å². The summed E-state index contributed by atoms with van der Waals surface area (Å²) in [7, 11) is 0. The van der Waals surface area contributed by atoms with Crippen LogP contribution in [0.2, 0.25) is 0 Å². The van der Waals surface area contributed by atoms with Gasteiger partial charge in [0.15, 0.2) is 0 Å². The van der Waals surface area contributed by atoms with Crippen LogP contribution in [0.5, 0.6) is 0 Å². The first-order chi connectivity index (χ1) is 15.0. The van der Waals surface area contributed by atoms with E-state index in [1.54, 1.807) is 0 Å². The minimum atomic E-state index is -2.97. The number of ether oxygens (including phenoxy) is 1. The third-order valence-electron chi connectivity index (χ3n) is 5.76. The molecule has 0 aliphatic heterocycles. The zero-order valence-corrected chi connectivity index (χ0v) is 19.3. The third kappa shape index (κ3) is 11.4. The van der Waals surface area contributed by atoms with E-state index < -0.39 is 36.4 Å². The number of aliphatic hydroxyl groups is 1. The van der Waals surface area contributed by atoms with E-state index in [4.69, 9.17) is 9.84 Å². The van der Waals surface area contributed by atoms with E-state index in [2.05, 4.69) is 25.7 Å². The summed E-state index contributed by atoms with van der Waals surface area (Å²) in [6.07, 6.45) is 4.54. The molecule has 0 amide bonds. The molecule has 0 aromatic rings. The number of likely N-dealkylation sites (N-methyl/N-ethyl adjacent to an activating group) is 1. The molecule has 0 radical (unpaired) electrons. The predicted octanol–water partition coefficient (Wildman–Crippen LogP) is -1.77. The molecule has 0 aromatic heterocycles. The molecule has 1 aliphatic rings. The molecule has 1 N–H and O–H groups in total. The first-order valence-corrected chi connectivity index (χ1v) is 11.2. The standard InChI is InChI=1S/C16H31NO2.C6H8O7/c1-4-15(14-10-8-7-9-11-14)16(18)19-13-12-17(5-2)6-3;7-3(8)1-6(13,5(11)12)2-4(9)10/h14-15H,4-13H2,1-3H3;13H,1-2H2,(H,7,8)(H,9,10)(H,11,12)/p-3. The maximum atomic E-state index is 12.2. The van der Waals surface area contributed by atoms with Crippen molar-refractivity contribution in [2.45, 2.75) is 77.7 Å². The Labute approximate surface area is 189 Å². The molecule has 10 heteroatoms. The van der Waals surface area contributed by atoms with Crippen molar-refractivity contribution in [1.29, 1.82) is 0 Å². The SMILES string of the molecule is CCC(C(=O)OCCN(CC)CC)C1CCCCC1.O=C([O-])CC(O)(CC(=O)[O-])C(=O)[O-]. The van der Waals surface area contributed by atoms with Crippen LogP contribution < -0.4 is 15.3 Å². The Balaban J connectivity index is 0.000000649. The van der Waals surface area contributed by atoms with Crippen LogP contribution >= 0.6 is 0 Å². The summed E-state index contributed by atoms with van der Waals surface area (Å²) in [5, 5.41) is 38.9. The van der Waals surface area contributed by atoms with Gasteiger partial charge in [-0.2, -0.15) is 0 Å². The average molecular weight is 459 g/mol. The number of esters is 1. The molecule has 10 nitrogen and oxygen atoms in total. The monoisotopic (exact) mass is 458 g/mol. The Morgan fingerprint density at radius 2 is 1.47 bits per heavy atom. The van der Waals surface area contributed by atoms with E-state index in [1.807, 2.05) is 0 Å². The molecule has 0 spiro atoms. The Morgan fingerprint density at radius 1 is 0.969 bits per heavy atom. The summed E-state index contributed by atoms with van der Waals surface area (Å²) in [6, 6.07) is 0. The lowest BCUT2D eigenvalue weighted by Gasteiger charge is -2.29. The molecule has 1 saturated carbocycles. The van der Waals surface area contributed by atoms with E-state index >= 15 is 0 Å². The molecule has 0 bridgehead atoms. The van der Waals surface area contributed by atoms with Crippen molar-refractivity contribution < 1.29 is 44.3 Å². The first kappa shape index (κ1) is 29.8. The Kier molecular flexibility index (Phi) is 14.5.